The van der Waals surface area contributed by atoms with Crippen molar-refractivity contribution in [2.75, 3.05) is 24.7 Å². The van der Waals surface area contributed by atoms with Crippen molar-refractivity contribution in [1.29, 1.82) is 0 Å². The van der Waals surface area contributed by atoms with Gasteiger partial charge in [-0.25, -0.2) is 0 Å². The van der Waals surface area contributed by atoms with E-state index in [0.29, 0.717) is 19.4 Å². The number of ether oxygens (including phenoxy) is 1. The van der Waals surface area contributed by atoms with Crippen LogP contribution in [0.4, 0.5) is 5.69 Å². The summed E-state index contributed by atoms with van der Waals surface area (Å²) in [5.74, 6) is -2.15. The Morgan fingerprint density at radius 3 is 2.70 bits per heavy atom. The summed E-state index contributed by atoms with van der Waals surface area (Å²) < 4.78 is 4.91. The number of unbranched alkanes of at least 4 members (excludes halogenated alkanes) is 2. The zero-order valence-corrected chi connectivity index (χ0v) is 26.1. The number of amides is 2. The van der Waals surface area contributed by atoms with Crippen molar-refractivity contribution in [3.63, 3.8) is 0 Å². The number of alkyl halides is 1. The molecule has 0 aromatic heterocycles. The number of hydrogen-bond acceptors (Lipinski definition) is 6. The number of allylic oxidation sites excluding steroid dienone is 1. The molecular formula is C31H41BrN2O5S. The first-order chi connectivity index (χ1) is 19.2. The molecule has 3 unspecified atom stereocenters. The van der Waals surface area contributed by atoms with Crippen LogP contribution in [-0.4, -0.2) is 74.5 Å². The van der Waals surface area contributed by atoms with Crippen LogP contribution in [0.2, 0.25) is 0 Å². The zero-order chi connectivity index (χ0) is 29.2. The van der Waals surface area contributed by atoms with Crippen molar-refractivity contribution in [3.05, 3.63) is 54.6 Å². The molecule has 40 heavy (non-hydrogen) atoms. The lowest BCUT2D eigenvalue weighted by molar-refractivity contribution is -0.154. The molecule has 2 bridgehead atoms. The number of aryl methyl sites for hydroxylation is 2. The van der Waals surface area contributed by atoms with Gasteiger partial charge < -0.3 is 19.6 Å². The number of anilines is 1. The number of esters is 1. The first-order valence-electron chi connectivity index (χ1n) is 14.2. The quantitative estimate of drug-likeness (QED) is 0.143. The minimum Gasteiger partial charge on any atom is -0.465 e. The van der Waals surface area contributed by atoms with Gasteiger partial charge in [0, 0.05) is 22.3 Å². The van der Waals surface area contributed by atoms with E-state index < -0.39 is 28.7 Å². The number of halogens is 1. The summed E-state index contributed by atoms with van der Waals surface area (Å²) in [6.07, 6.45) is 7.06. The fraction of sp³-hybridized carbons (Fsp3) is 0.581. The van der Waals surface area contributed by atoms with Crippen molar-refractivity contribution in [2.45, 2.75) is 79.8 Å². The maximum atomic E-state index is 14.7. The fourth-order valence-electron chi connectivity index (χ4n) is 6.68. The van der Waals surface area contributed by atoms with Crippen LogP contribution in [-0.2, 0) is 19.1 Å². The lowest BCUT2D eigenvalue weighted by Gasteiger charge is -2.40. The predicted octanol–water partition coefficient (Wildman–Crippen LogP) is 4.96. The van der Waals surface area contributed by atoms with Gasteiger partial charge in [0.2, 0.25) is 5.91 Å². The summed E-state index contributed by atoms with van der Waals surface area (Å²) in [6.45, 7) is 13.8. The third kappa shape index (κ3) is 5.29. The highest BCUT2D eigenvalue weighted by Crippen LogP contribution is 2.68. The molecule has 7 atom stereocenters. The Morgan fingerprint density at radius 1 is 1.30 bits per heavy atom. The summed E-state index contributed by atoms with van der Waals surface area (Å²) in [6, 6.07) is 4.61. The average Bonchev–Trinajstić information content (AvgIpc) is 3.52. The van der Waals surface area contributed by atoms with E-state index in [1.54, 1.807) is 27.6 Å². The van der Waals surface area contributed by atoms with Gasteiger partial charge >= 0.3 is 5.97 Å². The van der Waals surface area contributed by atoms with Crippen molar-refractivity contribution < 1.29 is 24.2 Å². The molecule has 0 saturated carbocycles. The van der Waals surface area contributed by atoms with Crippen molar-refractivity contribution >= 4 is 51.2 Å². The lowest BCUT2D eigenvalue weighted by Crippen LogP contribution is -2.58. The molecule has 1 N–H and O–H groups in total. The van der Waals surface area contributed by atoms with Gasteiger partial charge in [-0.2, -0.15) is 0 Å². The van der Waals surface area contributed by atoms with E-state index in [0.717, 1.165) is 36.1 Å². The van der Waals surface area contributed by atoms with E-state index in [-0.39, 0.29) is 41.0 Å². The molecule has 2 amide bonds. The van der Waals surface area contributed by atoms with Crippen LogP contribution in [0.1, 0.15) is 50.2 Å². The van der Waals surface area contributed by atoms with Crippen molar-refractivity contribution in [3.8, 4) is 0 Å². The smallest absolute Gasteiger partial charge is 0.310 e. The SMILES string of the molecule is C=CCCCCOC(=O)[C@H]1[C@H]2C(=O)N([C@@H](CC)CO)C(C(=O)N(CC=C)c3cc(C)ccc3C)C23CC(Br)[C@@H]1S3. The number of benzene rings is 1. The number of likely N-dealkylation sites (tertiary alicyclic amines) is 1. The maximum Gasteiger partial charge on any atom is 0.310 e. The summed E-state index contributed by atoms with van der Waals surface area (Å²) in [4.78, 5) is 45.8. The highest BCUT2D eigenvalue weighted by atomic mass is 79.9. The highest BCUT2D eigenvalue weighted by molar-refractivity contribution is 9.09. The number of carbonyl (C=O) groups is 3. The van der Waals surface area contributed by atoms with Crippen molar-refractivity contribution in [1.82, 2.24) is 4.90 Å². The second-order valence-electron chi connectivity index (χ2n) is 11.1. The standard InChI is InChI=1S/C31H41BrN2O5S/c1-6-9-10-11-15-39-30(38)24-25-28(36)34(21(8-3)18-35)27(31(25)17-22(32)26(24)40-31)29(37)33(14-7-2)23-16-19(4)12-13-20(23)5/h6-7,12-13,16,21-22,24-27,35H,1-2,8-11,14-15,17-18H2,3-5H3/t21-,22?,24-,25-,26-,27?,31?/m0/s1. The van der Waals surface area contributed by atoms with Crippen LogP contribution >= 0.6 is 27.7 Å². The average molecular weight is 634 g/mol. The van der Waals surface area contributed by atoms with Gasteiger partial charge in [0.15, 0.2) is 0 Å². The van der Waals surface area contributed by atoms with Crippen molar-refractivity contribution in [2.24, 2.45) is 11.8 Å². The minimum atomic E-state index is -0.831. The number of nitrogens with zero attached hydrogens (tertiary/aromatic N) is 2. The molecule has 7 nitrogen and oxygen atoms in total. The fourth-order valence-corrected chi connectivity index (χ4v) is 10.3. The van der Waals surface area contributed by atoms with Crippen LogP contribution in [0.3, 0.4) is 0 Å². The minimum absolute atomic E-state index is 0.0436. The topological polar surface area (TPSA) is 87.1 Å². The monoisotopic (exact) mass is 632 g/mol. The number of fused-ring (bicyclic) bond motifs is 1. The van der Waals surface area contributed by atoms with Gasteiger partial charge in [-0.3, -0.25) is 14.4 Å². The van der Waals surface area contributed by atoms with Crippen LogP contribution in [0.25, 0.3) is 0 Å². The largest absolute Gasteiger partial charge is 0.465 e. The van der Waals surface area contributed by atoms with Crippen LogP contribution in [0.15, 0.2) is 43.5 Å². The molecule has 3 aliphatic heterocycles. The Bertz CT molecular complexity index is 1160. The molecule has 1 aromatic carbocycles. The predicted molar refractivity (Wildman–Crippen MR) is 164 cm³/mol. The Hall–Kier alpha value is -2.10. The van der Waals surface area contributed by atoms with Gasteiger partial charge in [-0.15, -0.1) is 24.9 Å². The van der Waals surface area contributed by atoms with E-state index in [1.807, 2.05) is 45.0 Å². The third-order valence-corrected chi connectivity index (χ3v) is 11.8. The molecule has 0 radical (unpaired) electrons. The Labute approximate surface area is 250 Å². The van der Waals surface area contributed by atoms with E-state index in [4.69, 9.17) is 4.74 Å². The second-order valence-corrected chi connectivity index (χ2v) is 13.8. The Balaban J connectivity index is 1.75. The Kier molecular flexibility index (Phi) is 9.89. The third-order valence-electron chi connectivity index (χ3n) is 8.59. The summed E-state index contributed by atoms with van der Waals surface area (Å²) >= 11 is 5.38. The highest BCUT2D eigenvalue weighted by Gasteiger charge is 2.76. The van der Waals surface area contributed by atoms with Gasteiger partial charge in [0.1, 0.15) is 6.04 Å². The first-order valence-corrected chi connectivity index (χ1v) is 16.0. The molecular weight excluding hydrogens is 592 g/mol. The number of aliphatic hydroxyl groups excluding tert-OH is 1. The van der Waals surface area contributed by atoms with E-state index in [1.165, 1.54) is 0 Å². The van der Waals surface area contributed by atoms with Crippen LogP contribution in [0, 0.1) is 25.7 Å². The maximum absolute atomic E-state index is 14.7. The lowest BCUT2D eigenvalue weighted by atomic mass is 9.71. The molecule has 3 heterocycles. The molecule has 4 rings (SSSR count). The summed E-state index contributed by atoms with van der Waals surface area (Å²) in [5, 5.41) is 10.2. The van der Waals surface area contributed by atoms with Crippen LogP contribution in [0.5, 0.6) is 0 Å². The Morgan fingerprint density at radius 2 is 2.05 bits per heavy atom. The van der Waals surface area contributed by atoms with Gasteiger partial charge in [-0.05, 0) is 63.1 Å². The number of rotatable bonds is 13. The van der Waals surface area contributed by atoms with E-state index >= 15 is 0 Å². The second kappa shape index (κ2) is 12.8. The summed E-state index contributed by atoms with van der Waals surface area (Å²) in [7, 11) is 0. The van der Waals surface area contributed by atoms with E-state index in [9.17, 15) is 19.5 Å². The molecule has 3 fully saturated rings. The molecule has 1 aromatic rings. The molecule has 218 valence electrons. The molecule has 9 heteroatoms. The van der Waals surface area contributed by atoms with Crippen LogP contribution < -0.4 is 4.90 Å². The number of aliphatic hydroxyl groups is 1. The molecule has 0 aliphatic carbocycles. The molecule has 1 spiro atoms. The zero-order valence-electron chi connectivity index (χ0n) is 23.7. The number of hydrogen-bond donors (Lipinski definition) is 1. The molecule has 3 aliphatic rings. The van der Waals surface area contributed by atoms with Gasteiger partial charge in [0.05, 0.1) is 35.8 Å². The normalized spacial score (nSPS) is 29.3. The van der Waals surface area contributed by atoms with Gasteiger partial charge in [-0.1, -0.05) is 47.1 Å². The first kappa shape index (κ1) is 30.8. The van der Waals surface area contributed by atoms with E-state index in [2.05, 4.69) is 29.1 Å². The summed E-state index contributed by atoms with van der Waals surface area (Å²) in [5.41, 5.74) is 2.74. The van der Waals surface area contributed by atoms with Gasteiger partial charge in [0.25, 0.3) is 5.91 Å². The molecule has 3 saturated heterocycles. The number of thioether (sulfide) groups is 1. The number of carbonyl (C=O) groups excluding carboxylic acids is 3.